The van der Waals surface area contributed by atoms with Crippen molar-refractivity contribution in [3.05, 3.63) is 36.3 Å². The van der Waals surface area contributed by atoms with Crippen LogP contribution in [0.4, 0.5) is 0 Å². The van der Waals surface area contributed by atoms with Crippen LogP contribution in [0, 0.1) is 0 Å². The van der Waals surface area contributed by atoms with Crippen molar-refractivity contribution in [1.82, 2.24) is 14.5 Å². The van der Waals surface area contributed by atoms with Gasteiger partial charge in [0.05, 0.1) is 22.1 Å². The van der Waals surface area contributed by atoms with Gasteiger partial charge in [-0.1, -0.05) is 0 Å². The predicted octanol–water partition coefficient (Wildman–Crippen LogP) is 2.39. The zero-order chi connectivity index (χ0) is 12.7. The van der Waals surface area contributed by atoms with Crippen molar-refractivity contribution in [2.24, 2.45) is 7.05 Å². The standard InChI is InChI=1S/C12H9N3O2S/c1-15-5-9(13-6-15)11-14-8-3-2-7(12(16)17)4-10(8)18-11/h2-6H,1H3,(H,16,17). The zero-order valence-corrected chi connectivity index (χ0v) is 10.3. The van der Waals surface area contributed by atoms with Crippen LogP contribution in [0.15, 0.2) is 30.7 Å². The van der Waals surface area contributed by atoms with Crippen LogP contribution in [-0.2, 0) is 7.05 Å². The molecular formula is C12H9N3O2S. The van der Waals surface area contributed by atoms with Gasteiger partial charge in [-0.2, -0.15) is 0 Å². The average Bonchev–Trinajstić information content (AvgIpc) is 2.93. The summed E-state index contributed by atoms with van der Waals surface area (Å²) in [6.45, 7) is 0. The molecule has 1 N–H and O–H groups in total. The SMILES string of the molecule is Cn1cnc(-c2nc3ccc(C(=O)O)cc3s2)c1. The number of hydrogen-bond donors (Lipinski definition) is 1. The van der Waals surface area contributed by atoms with Crippen molar-refractivity contribution in [3.8, 4) is 10.7 Å². The van der Waals surface area contributed by atoms with Crippen LogP contribution in [0.25, 0.3) is 20.9 Å². The smallest absolute Gasteiger partial charge is 0.335 e. The summed E-state index contributed by atoms with van der Waals surface area (Å²) in [4.78, 5) is 19.6. The maximum atomic E-state index is 10.9. The molecule has 6 heteroatoms. The number of benzene rings is 1. The molecule has 0 bridgehead atoms. The van der Waals surface area contributed by atoms with E-state index >= 15 is 0 Å². The van der Waals surface area contributed by atoms with E-state index in [1.807, 2.05) is 17.8 Å². The first-order valence-corrected chi connectivity index (χ1v) is 6.07. The molecule has 2 aromatic heterocycles. The summed E-state index contributed by atoms with van der Waals surface area (Å²) in [7, 11) is 1.90. The Morgan fingerprint density at radius 2 is 2.28 bits per heavy atom. The first kappa shape index (κ1) is 10.9. The Balaban J connectivity index is 2.13. The van der Waals surface area contributed by atoms with E-state index in [0.717, 1.165) is 20.9 Å². The predicted molar refractivity (Wildman–Crippen MR) is 68.8 cm³/mol. The van der Waals surface area contributed by atoms with Gasteiger partial charge < -0.3 is 9.67 Å². The van der Waals surface area contributed by atoms with E-state index in [-0.39, 0.29) is 5.56 Å². The van der Waals surface area contributed by atoms with Crippen LogP contribution in [0.3, 0.4) is 0 Å². The van der Waals surface area contributed by atoms with Gasteiger partial charge in [0, 0.05) is 13.2 Å². The van der Waals surface area contributed by atoms with E-state index < -0.39 is 5.97 Å². The molecule has 0 spiro atoms. The number of fused-ring (bicyclic) bond motifs is 1. The van der Waals surface area contributed by atoms with Crippen LogP contribution in [0.2, 0.25) is 0 Å². The highest BCUT2D eigenvalue weighted by Crippen LogP contribution is 2.29. The van der Waals surface area contributed by atoms with Crippen molar-refractivity contribution >= 4 is 27.5 Å². The Kier molecular flexibility index (Phi) is 2.38. The molecule has 0 radical (unpaired) electrons. The molecule has 0 saturated carbocycles. The van der Waals surface area contributed by atoms with E-state index in [1.54, 1.807) is 24.5 Å². The molecule has 0 aliphatic carbocycles. The number of hydrogen-bond acceptors (Lipinski definition) is 4. The lowest BCUT2D eigenvalue weighted by atomic mass is 10.2. The van der Waals surface area contributed by atoms with Gasteiger partial charge in [0.15, 0.2) is 0 Å². The lowest BCUT2D eigenvalue weighted by Crippen LogP contribution is -1.94. The number of thiazole rings is 1. The number of nitrogens with zero attached hydrogens (tertiary/aromatic N) is 3. The lowest BCUT2D eigenvalue weighted by molar-refractivity contribution is 0.0697. The Morgan fingerprint density at radius 3 is 2.94 bits per heavy atom. The molecular weight excluding hydrogens is 250 g/mol. The third-order valence-corrected chi connectivity index (χ3v) is 3.60. The molecule has 3 rings (SSSR count). The van der Waals surface area contributed by atoms with Crippen molar-refractivity contribution in [1.29, 1.82) is 0 Å². The molecule has 0 amide bonds. The summed E-state index contributed by atoms with van der Waals surface area (Å²) in [5, 5.41) is 9.74. The number of rotatable bonds is 2. The fourth-order valence-corrected chi connectivity index (χ4v) is 2.66. The van der Waals surface area contributed by atoms with Gasteiger partial charge >= 0.3 is 5.97 Å². The number of aromatic nitrogens is 3. The van der Waals surface area contributed by atoms with Crippen LogP contribution >= 0.6 is 11.3 Å². The Morgan fingerprint density at radius 1 is 1.44 bits per heavy atom. The van der Waals surface area contributed by atoms with E-state index in [9.17, 15) is 4.79 Å². The minimum Gasteiger partial charge on any atom is -0.478 e. The fraction of sp³-hybridized carbons (Fsp3) is 0.0833. The highest BCUT2D eigenvalue weighted by atomic mass is 32.1. The largest absolute Gasteiger partial charge is 0.478 e. The summed E-state index contributed by atoms with van der Waals surface area (Å²) >= 11 is 1.44. The number of carboxylic acid groups (broad SMARTS) is 1. The maximum Gasteiger partial charge on any atom is 0.335 e. The molecule has 0 unspecified atom stereocenters. The fourth-order valence-electron chi connectivity index (χ4n) is 1.69. The van der Waals surface area contributed by atoms with E-state index in [1.165, 1.54) is 11.3 Å². The third-order valence-electron chi connectivity index (χ3n) is 2.56. The number of aromatic carboxylic acids is 1. The first-order chi connectivity index (χ1) is 8.63. The van der Waals surface area contributed by atoms with E-state index in [2.05, 4.69) is 9.97 Å². The van der Waals surface area contributed by atoms with Gasteiger partial charge in [0.25, 0.3) is 0 Å². The molecule has 2 heterocycles. The average molecular weight is 259 g/mol. The summed E-state index contributed by atoms with van der Waals surface area (Å²) in [6.07, 6.45) is 3.60. The van der Waals surface area contributed by atoms with Gasteiger partial charge in [-0.15, -0.1) is 11.3 Å². The molecule has 90 valence electrons. The molecule has 0 fully saturated rings. The summed E-state index contributed by atoms with van der Waals surface area (Å²) in [5.74, 6) is -0.926. The van der Waals surface area contributed by atoms with Crippen molar-refractivity contribution < 1.29 is 9.90 Å². The van der Waals surface area contributed by atoms with Crippen LogP contribution in [0.1, 0.15) is 10.4 Å². The molecule has 18 heavy (non-hydrogen) atoms. The number of imidazole rings is 1. The lowest BCUT2D eigenvalue weighted by Gasteiger charge is -1.91. The maximum absolute atomic E-state index is 10.9. The Bertz CT molecular complexity index is 745. The van der Waals surface area contributed by atoms with Gasteiger partial charge in [-0.05, 0) is 18.2 Å². The minimum absolute atomic E-state index is 0.277. The molecule has 5 nitrogen and oxygen atoms in total. The Hall–Kier alpha value is -2.21. The first-order valence-electron chi connectivity index (χ1n) is 5.26. The number of carbonyl (C=O) groups is 1. The molecule has 1 aromatic carbocycles. The van der Waals surface area contributed by atoms with Crippen molar-refractivity contribution in [3.63, 3.8) is 0 Å². The van der Waals surface area contributed by atoms with E-state index in [4.69, 9.17) is 5.11 Å². The van der Waals surface area contributed by atoms with Crippen LogP contribution < -0.4 is 0 Å². The Labute approximate surface area is 106 Å². The third kappa shape index (κ3) is 1.76. The summed E-state index contributed by atoms with van der Waals surface area (Å²) in [5.41, 5.74) is 1.87. The topological polar surface area (TPSA) is 68.0 Å². The summed E-state index contributed by atoms with van der Waals surface area (Å²) in [6, 6.07) is 4.93. The van der Waals surface area contributed by atoms with Gasteiger partial charge in [0.1, 0.15) is 10.7 Å². The summed E-state index contributed by atoms with van der Waals surface area (Å²) < 4.78 is 2.71. The molecule has 3 aromatic rings. The monoisotopic (exact) mass is 259 g/mol. The van der Waals surface area contributed by atoms with Crippen molar-refractivity contribution in [2.45, 2.75) is 0 Å². The highest BCUT2D eigenvalue weighted by Gasteiger charge is 2.10. The number of carboxylic acids is 1. The van der Waals surface area contributed by atoms with E-state index in [0.29, 0.717) is 0 Å². The highest BCUT2D eigenvalue weighted by molar-refractivity contribution is 7.21. The molecule has 0 saturated heterocycles. The minimum atomic E-state index is -0.926. The molecule has 0 aliphatic rings. The second kappa shape index (κ2) is 3.92. The molecule has 0 aliphatic heterocycles. The van der Waals surface area contributed by atoms with Gasteiger partial charge in [0.2, 0.25) is 0 Å². The number of aryl methyl sites for hydroxylation is 1. The second-order valence-corrected chi connectivity index (χ2v) is 4.96. The van der Waals surface area contributed by atoms with Crippen molar-refractivity contribution in [2.75, 3.05) is 0 Å². The zero-order valence-electron chi connectivity index (χ0n) is 9.49. The van der Waals surface area contributed by atoms with Crippen LogP contribution in [0.5, 0.6) is 0 Å². The normalized spacial score (nSPS) is 10.9. The second-order valence-electron chi connectivity index (χ2n) is 3.93. The van der Waals surface area contributed by atoms with Crippen LogP contribution in [-0.4, -0.2) is 25.6 Å². The quantitative estimate of drug-likeness (QED) is 0.767. The van der Waals surface area contributed by atoms with Gasteiger partial charge in [-0.25, -0.2) is 14.8 Å². The molecule has 0 atom stereocenters. The van der Waals surface area contributed by atoms with Gasteiger partial charge in [-0.3, -0.25) is 0 Å².